The molecule has 0 bridgehead atoms. The van der Waals surface area contributed by atoms with Crippen molar-refractivity contribution >= 4 is 5.91 Å². The fourth-order valence-electron chi connectivity index (χ4n) is 1.54. The number of hydrogen-bond donors (Lipinski definition) is 1. The van der Waals surface area contributed by atoms with Crippen LogP contribution in [0.2, 0.25) is 0 Å². The van der Waals surface area contributed by atoms with E-state index in [1.807, 2.05) is 0 Å². The highest BCUT2D eigenvalue weighted by Gasteiger charge is 2.14. The number of rotatable bonds is 3. The third-order valence-electron chi connectivity index (χ3n) is 2.33. The van der Waals surface area contributed by atoms with Gasteiger partial charge < -0.3 is 10.5 Å². The number of carbonyl (C=O) groups excluding carboxylic acids is 1. The maximum atomic E-state index is 13.8. The number of hydrogen-bond acceptors (Lipinski definition) is 4. The normalized spacial score (nSPS) is 10.1. The first-order valence-corrected chi connectivity index (χ1v) is 5.09. The lowest BCUT2D eigenvalue weighted by Gasteiger charge is -2.08. The number of amides is 1. The Morgan fingerprint density at radius 3 is 2.83 bits per heavy atom. The summed E-state index contributed by atoms with van der Waals surface area (Å²) in [7, 11) is 1.43. The average molecular weight is 247 g/mol. The zero-order chi connectivity index (χ0) is 13.1. The number of aromatic nitrogens is 2. The molecule has 1 amide bonds. The molecule has 0 saturated heterocycles. The summed E-state index contributed by atoms with van der Waals surface area (Å²) in [5, 5.41) is 0. The van der Waals surface area contributed by atoms with E-state index in [1.165, 1.54) is 31.5 Å². The molecule has 5 nitrogen and oxygen atoms in total. The number of halogens is 1. The molecule has 0 aliphatic carbocycles. The topological polar surface area (TPSA) is 78.1 Å². The first-order chi connectivity index (χ1) is 8.63. The van der Waals surface area contributed by atoms with Crippen LogP contribution in [-0.2, 0) is 0 Å². The van der Waals surface area contributed by atoms with Gasteiger partial charge in [-0.2, -0.15) is 0 Å². The lowest BCUT2D eigenvalue weighted by molar-refractivity contribution is 0.0990. The van der Waals surface area contributed by atoms with Gasteiger partial charge in [0.2, 0.25) is 5.82 Å². The SMILES string of the molecule is COc1cccc(F)c1-c1ccnc(C(N)=O)n1. The van der Waals surface area contributed by atoms with Crippen molar-refractivity contribution in [1.29, 1.82) is 0 Å². The van der Waals surface area contributed by atoms with Crippen LogP contribution in [0.25, 0.3) is 11.3 Å². The Balaban J connectivity index is 2.61. The minimum absolute atomic E-state index is 0.169. The minimum atomic E-state index is -0.771. The van der Waals surface area contributed by atoms with E-state index in [-0.39, 0.29) is 17.1 Å². The van der Waals surface area contributed by atoms with Crippen molar-refractivity contribution in [3.63, 3.8) is 0 Å². The van der Waals surface area contributed by atoms with Gasteiger partial charge in [-0.1, -0.05) is 6.07 Å². The van der Waals surface area contributed by atoms with E-state index in [1.54, 1.807) is 6.07 Å². The highest BCUT2D eigenvalue weighted by atomic mass is 19.1. The van der Waals surface area contributed by atoms with Crippen molar-refractivity contribution < 1.29 is 13.9 Å². The van der Waals surface area contributed by atoms with E-state index >= 15 is 0 Å². The summed E-state index contributed by atoms with van der Waals surface area (Å²) in [6.07, 6.45) is 1.34. The molecule has 92 valence electrons. The van der Waals surface area contributed by atoms with Crippen LogP contribution in [0.5, 0.6) is 5.75 Å². The molecule has 0 unspecified atom stereocenters. The molecule has 2 aromatic rings. The number of carbonyl (C=O) groups is 1. The number of methoxy groups -OCH3 is 1. The van der Waals surface area contributed by atoms with Crippen molar-refractivity contribution in [3.05, 3.63) is 42.1 Å². The van der Waals surface area contributed by atoms with Gasteiger partial charge in [-0.15, -0.1) is 0 Å². The first kappa shape index (κ1) is 12.0. The quantitative estimate of drug-likeness (QED) is 0.889. The van der Waals surface area contributed by atoms with Gasteiger partial charge in [0.15, 0.2) is 0 Å². The molecule has 0 spiro atoms. The zero-order valence-corrected chi connectivity index (χ0v) is 9.55. The maximum Gasteiger partial charge on any atom is 0.286 e. The largest absolute Gasteiger partial charge is 0.496 e. The van der Waals surface area contributed by atoms with E-state index in [2.05, 4.69) is 9.97 Å². The van der Waals surface area contributed by atoms with Crippen molar-refractivity contribution in [2.24, 2.45) is 5.73 Å². The molecule has 2 rings (SSSR count). The Morgan fingerprint density at radius 2 is 2.17 bits per heavy atom. The van der Waals surface area contributed by atoms with Crippen LogP contribution in [0.15, 0.2) is 30.5 Å². The second-order valence-corrected chi connectivity index (χ2v) is 3.45. The summed E-state index contributed by atoms with van der Waals surface area (Å²) in [5.74, 6) is -1.11. The van der Waals surface area contributed by atoms with Crippen LogP contribution in [0.4, 0.5) is 4.39 Å². The van der Waals surface area contributed by atoms with E-state index in [4.69, 9.17) is 10.5 Å². The molecule has 1 aromatic carbocycles. The smallest absolute Gasteiger partial charge is 0.286 e. The minimum Gasteiger partial charge on any atom is -0.496 e. The highest BCUT2D eigenvalue weighted by Crippen LogP contribution is 2.30. The van der Waals surface area contributed by atoms with Gasteiger partial charge in [-0.25, -0.2) is 14.4 Å². The summed E-state index contributed by atoms with van der Waals surface area (Å²) in [6.45, 7) is 0. The van der Waals surface area contributed by atoms with Crippen LogP contribution in [0.1, 0.15) is 10.6 Å². The molecule has 0 aliphatic rings. The molecule has 0 fully saturated rings. The number of nitrogens with zero attached hydrogens (tertiary/aromatic N) is 2. The van der Waals surface area contributed by atoms with Crippen molar-refractivity contribution in [2.45, 2.75) is 0 Å². The Hall–Kier alpha value is -2.50. The Labute approximate surface area is 102 Å². The predicted octanol–water partition coefficient (Wildman–Crippen LogP) is 1.39. The average Bonchev–Trinajstić information content (AvgIpc) is 2.38. The van der Waals surface area contributed by atoms with Crippen LogP contribution < -0.4 is 10.5 Å². The number of primary amides is 1. The Kier molecular flexibility index (Phi) is 3.18. The van der Waals surface area contributed by atoms with Crippen LogP contribution in [0.3, 0.4) is 0 Å². The van der Waals surface area contributed by atoms with Gasteiger partial charge in [0.05, 0.1) is 18.4 Å². The fourth-order valence-corrected chi connectivity index (χ4v) is 1.54. The summed E-state index contributed by atoms with van der Waals surface area (Å²) >= 11 is 0. The van der Waals surface area contributed by atoms with E-state index < -0.39 is 11.7 Å². The highest BCUT2D eigenvalue weighted by molar-refractivity contribution is 5.89. The lowest BCUT2D eigenvalue weighted by atomic mass is 10.1. The summed E-state index contributed by atoms with van der Waals surface area (Å²) < 4.78 is 18.9. The van der Waals surface area contributed by atoms with Gasteiger partial charge in [-0.05, 0) is 18.2 Å². The van der Waals surface area contributed by atoms with Crippen molar-refractivity contribution in [3.8, 4) is 17.0 Å². The summed E-state index contributed by atoms with van der Waals surface area (Å²) in [4.78, 5) is 18.6. The van der Waals surface area contributed by atoms with E-state index in [0.717, 1.165) is 0 Å². The van der Waals surface area contributed by atoms with Crippen LogP contribution in [-0.4, -0.2) is 23.0 Å². The molecule has 0 radical (unpaired) electrons. The van der Waals surface area contributed by atoms with Crippen LogP contribution in [0, 0.1) is 5.82 Å². The third-order valence-corrected chi connectivity index (χ3v) is 2.33. The molecule has 0 aliphatic heterocycles. The lowest BCUT2D eigenvalue weighted by Crippen LogP contribution is -2.15. The monoisotopic (exact) mass is 247 g/mol. The molecule has 1 aromatic heterocycles. The maximum absolute atomic E-state index is 13.8. The Bertz CT molecular complexity index is 602. The predicted molar refractivity (Wildman–Crippen MR) is 62.5 cm³/mol. The van der Waals surface area contributed by atoms with E-state index in [0.29, 0.717) is 5.75 Å². The van der Waals surface area contributed by atoms with E-state index in [9.17, 15) is 9.18 Å². The molecular weight excluding hydrogens is 237 g/mol. The zero-order valence-electron chi connectivity index (χ0n) is 9.55. The number of nitrogens with two attached hydrogens (primary N) is 1. The second kappa shape index (κ2) is 4.79. The molecule has 18 heavy (non-hydrogen) atoms. The first-order valence-electron chi connectivity index (χ1n) is 5.09. The third kappa shape index (κ3) is 2.13. The summed E-state index contributed by atoms with van der Waals surface area (Å²) in [6, 6.07) is 5.88. The summed E-state index contributed by atoms with van der Waals surface area (Å²) in [5.41, 5.74) is 5.50. The molecule has 1 heterocycles. The van der Waals surface area contributed by atoms with Gasteiger partial charge >= 0.3 is 0 Å². The molecule has 2 N–H and O–H groups in total. The molecule has 0 atom stereocenters. The van der Waals surface area contributed by atoms with Crippen molar-refractivity contribution in [1.82, 2.24) is 9.97 Å². The van der Waals surface area contributed by atoms with Gasteiger partial charge in [-0.3, -0.25) is 4.79 Å². The second-order valence-electron chi connectivity index (χ2n) is 3.45. The van der Waals surface area contributed by atoms with Crippen LogP contribution >= 0.6 is 0 Å². The number of benzene rings is 1. The molecule has 0 saturated carbocycles. The van der Waals surface area contributed by atoms with Crippen molar-refractivity contribution in [2.75, 3.05) is 7.11 Å². The molecular formula is C12H10FN3O2. The van der Waals surface area contributed by atoms with Gasteiger partial charge in [0, 0.05) is 6.20 Å². The Morgan fingerprint density at radius 1 is 1.39 bits per heavy atom. The van der Waals surface area contributed by atoms with Gasteiger partial charge in [0.25, 0.3) is 5.91 Å². The fraction of sp³-hybridized carbons (Fsp3) is 0.0833. The molecule has 6 heteroatoms. The standard InChI is InChI=1S/C12H10FN3O2/c1-18-9-4-2-3-7(13)10(9)8-5-6-15-12(16-8)11(14)17/h2-6H,1H3,(H2,14,17). The number of ether oxygens (including phenoxy) is 1. The van der Waals surface area contributed by atoms with Gasteiger partial charge in [0.1, 0.15) is 11.6 Å².